The Kier molecular flexibility index (Phi) is 5.28. The van der Waals surface area contributed by atoms with Crippen molar-refractivity contribution in [2.75, 3.05) is 44.2 Å². The van der Waals surface area contributed by atoms with Crippen molar-refractivity contribution in [3.8, 4) is 0 Å². The maximum Gasteiger partial charge on any atom is 0.237 e. The number of aromatic nitrogens is 1. The average molecular weight is 324 g/mol. The van der Waals surface area contributed by atoms with Gasteiger partial charge in [-0.2, -0.15) is 0 Å². The summed E-state index contributed by atoms with van der Waals surface area (Å²) in [5.74, 6) is 0.109. The van der Waals surface area contributed by atoms with Crippen LogP contribution >= 0.6 is 11.3 Å². The molecule has 0 radical (unpaired) electrons. The van der Waals surface area contributed by atoms with Gasteiger partial charge in [0, 0.05) is 50.9 Å². The number of carbonyl (C=O) groups is 1. The van der Waals surface area contributed by atoms with E-state index in [2.05, 4.69) is 20.1 Å². The van der Waals surface area contributed by atoms with E-state index in [-0.39, 0.29) is 18.1 Å². The van der Waals surface area contributed by atoms with Gasteiger partial charge < -0.3 is 15.0 Å². The highest BCUT2D eigenvalue weighted by atomic mass is 32.1. The van der Waals surface area contributed by atoms with Crippen LogP contribution in [0, 0.1) is 0 Å². The van der Waals surface area contributed by atoms with Crippen molar-refractivity contribution in [3.63, 3.8) is 0 Å². The third kappa shape index (κ3) is 3.77. The fourth-order valence-corrected chi connectivity index (χ4v) is 3.70. The first kappa shape index (κ1) is 15.7. The SMILES string of the molecule is C[C@@H](C(=O)NC[C@@H]1CCCO1)N1CCN(c2nccs2)CC1. The number of piperazine rings is 1. The van der Waals surface area contributed by atoms with Crippen LogP contribution in [0.15, 0.2) is 11.6 Å². The predicted octanol–water partition coefficient (Wildman–Crippen LogP) is 0.949. The first-order chi connectivity index (χ1) is 10.7. The molecule has 1 aromatic heterocycles. The zero-order valence-electron chi connectivity index (χ0n) is 13.0. The molecule has 2 aliphatic rings. The molecule has 0 aromatic carbocycles. The summed E-state index contributed by atoms with van der Waals surface area (Å²) in [5.41, 5.74) is 0. The van der Waals surface area contributed by atoms with E-state index < -0.39 is 0 Å². The third-order valence-electron chi connectivity index (χ3n) is 4.46. The lowest BCUT2D eigenvalue weighted by molar-refractivity contribution is -0.126. The Morgan fingerprint density at radius 1 is 1.50 bits per heavy atom. The molecule has 0 spiro atoms. The Hall–Kier alpha value is -1.18. The number of anilines is 1. The van der Waals surface area contributed by atoms with Crippen molar-refractivity contribution in [1.82, 2.24) is 15.2 Å². The predicted molar refractivity (Wildman–Crippen MR) is 87.3 cm³/mol. The van der Waals surface area contributed by atoms with Gasteiger partial charge in [0.1, 0.15) is 0 Å². The van der Waals surface area contributed by atoms with E-state index in [1.165, 1.54) is 0 Å². The molecule has 6 nitrogen and oxygen atoms in total. The van der Waals surface area contributed by atoms with Crippen LogP contribution < -0.4 is 10.2 Å². The van der Waals surface area contributed by atoms with Gasteiger partial charge in [-0.05, 0) is 19.8 Å². The molecule has 3 heterocycles. The Bertz CT molecular complexity index is 468. The van der Waals surface area contributed by atoms with Gasteiger partial charge in [-0.25, -0.2) is 4.98 Å². The zero-order chi connectivity index (χ0) is 15.4. The minimum atomic E-state index is -0.0835. The number of rotatable bonds is 5. The standard InChI is InChI=1S/C15H24N4O2S/c1-12(14(20)17-11-13-3-2-9-21-13)18-5-7-19(8-6-18)15-16-4-10-22-15/h4,10,12-13H,2-3,5-9,11H2,1H3,(H,17,20)/t12-,13-/m0/s1. The van der Waals surface area contributed by atoms with Crippen LogP contribution in [0.3, 0.4) is 0 Å². The average Bonchev–Trinajstić information content (AvgIpc) is 3.25. The van der Waals surface area contributed by atoms with E-state index in [0.717, 1.165) is 50.8 Å². The number of hydrogen-bond donors (Lipinski definition) is 1. The second-order valence-corrected chi connectivity index (χ2v) is 6.77. The van der Waals surface area contributed by atoms with Crippen LogP contribution in [0.1, 0.15) is 19.8 Å². The molecule has 1 aromatic rings. The Morgan fingerprint density at radius 2 is 2.32 bits per heavy atom. The topological polar surface area (TPSA) is 57.7 Å². The largest absolute Gasteiger partial charge is 0.376 e. The number of nitrogens with one attached hydrogen (secondary N) is 1. The smallest absolute Gasteiger partial charge is 0.237 e. The second-order valence-electron chi connectivity index (χ2n) is 5.89. The maximum atomic E-state index is 12.3. The highest BCUT2D eigenvalue weighted by Gasteiger charge is 2.27. The van der Waals surface area contributed by atoms with Crippen LogP contribution in [0.4, 0.5) is 5.13 Å². The van der Waals surface area contributed by atoms with Crippen molar-refractivity contribution in [1.29, 1.82) is 0 Å². The molecule has 3 rings (SSSR count). The molecule has 2 saturated heterocycles. The highest BCUT2D eigenvalue weighted by Crippen LogP contribution is 2.19. The Balaban J connectivity index is 1.42. The van der Waals surface area contributed by atoms with Crippen molar-refractivity contribution in [3.05, 3.63) is 11.6 Å². The van der Waals surface area contributed by atoms with Gasteiger partial charge in [0.25, 0.3) is 0 Å². The summed E-state index contributed by atoms with van der Waals surface area (Å²) >= 11 is 1.67. The molecule has 0 saturated carbocycles. The summed E-state index contributed by atoms with van der Waals surface area (Å²) in [6.07, 6.45) is 4.21. The molecule has 7 heteroatoms. The zero-order valence-corrected chi connectivity index (χ0v) is 13.8. The van der Waals surface area contributed by atoms with Gasteiger partial charge in [-0.15, -0.1) is 11.3 Å². The van der Waals surface area contributed by atoms with Gasteiger partial charge in [-0.1, -0.05) is 0 Å². The molecule has 1 N–H and O–H groups in total. The lowest BCUT2D eigenvalue weighted by atomic mass is 10.2. The quantitative estimate of drug-likeness (QED) is 0.874. The van der Waals surface area contributed by atoms with Crippen LogP contribution in [-0.2, 0) is 9.53 Å². The first-order valence-corrected chi connectivity index (χ1v) is 8.90. The van der Waals surface area contributed by atoms with E-state index in [1.807, 2.05) is 18.5 Å². The molecule has 22 heavy (non-hydrogen) atoms. The van der Waals surface area contributed by atoms with Gasteiger partial charge in [0.2, 0.25) is 5.91 Å². The van der Waals surface area contributed by atoms with E-state index in [4.69, 9.17) is 4.74 Å². The number of hydrogen-bond acceptors (Lipinski definition) is 6. The monoisotopic (exact) mass is 324 g/mol. The molecule has 0 unspecified atom stereocenters. The summed E-state index contributed by atoms with van der Waals surface area (Å²) in [6, 6.07) is -0.0835. The molecule has 122 valence electrons. The first-order valence-electron chi connectivity index (χ1n) is 8.02. The molecule has 2 fully saturated rings. The fourth-order valence-electron chi connectivity index (χ4n) is 3.01. The normalized spacial score (nSPS) is 24.4. The van der Waals surface area contributed by atoms with Crippen molar-refractivity contribution in [2.45, 2.75) is 31.9 Å². The summed E-state index contributed by atoms with van der Waals surface area (Å²) < 4.78 is 5.54. The lowest BCUT2D eigenvalue weighted by Crippen LogP contribution is -2.54. The lowest BCUT2D eigenvalue weighted by Gasteiger charge is -2.37. The van der Waals surface area contributed by atoms with Crippen LogP contribution in [0.25, 0.3) is 0 Å². The minimum absolute atomic E-state index is 0.0835. The number of nitrogens with zero attached hydrogens (tertiary/aromatic N) is 3. The molecule has 0 aliphatic carbocycles. The second kappa shape index (κ2) is 7.39. The molecule has 1 amide bonds. The van der Waals surface area contributed by atoms with E-state index >= 15 is 0 Å². The van der Waals surface area contributed by atoms with E-state index in [0.29, 0.717) is 6.54 Å². The molecular weight excluding hydrogens is 300 g/mol. The number of ether oxygens (including phenoxy) is 1. The number of carbonyl (C=O) groups excluding carboxylic acids is 1. The van der Waals surface area contributed by atoms with Crippen LogP contribution in [0.5, 0.6) is 0 Å². The number of amides is 1. The van der Waals surface area contributed by atoms with Crippen molar-refractivity contribution >= 4 is 22.4 Å². The van der Waals surface area contributed by atoms with Gasteiger partial charge in [-0.3, -0.25) is 9.69 Å². The van der Waals surface area contributed by atoms with Gasteiger partial charge >= 0.3 is 0 Å². The summed E-state index contributed by atoms with van der Waals surface area (Å²) in [7, 11) is 0. The maximum absolute atomic E-state index is 12.3. The Labute approximate surface area is 135 Å². The molecule has 0 bridgehead atoms. The summed E-state index contributed by atoms with van der Waals surface area (Å²) in [4.78, 5) is 21.2. The molecule has 2 atom stereocenters. The van der Waals surface area contributed by atoms with Crippen molar-refractivity contribution in [2.24, 2.45) is 0 Å². The van der Waals surface area contributed by atoms with Crippen molar-refractivity contribution < 1.29 is 9.53 Å². The minimum Gasteiger partial charge on any atom is -0.376 e. The van der Waals surface area contributed by atoms with Crippen LogP contribution in [0.2, 0.25) is 0 Å². The fraction of sp³-hybridized carbons (Fsp3) is 0.733. The molecular formula is C15H24N4O2S. The van der Waals surface area contributed by atoms with Gasteiger partial charge in [0.15, 0.2) is 5.13 Å². The molecule has 2 aliphatic heterocycles. The Morgan fingerprint density at radius 3 is 2.95 bits per heavy atom. The summed E-state index contributed by atoms with van der Waals surface area (Å²) in [5, 5.41) is 6.11. The summed E-state index contributed by atoms with van der Waals surface area (Å²) in [6.45, 7) is 7.11. The van der Waals surface area contributed by atoms with Crippen LogP contribution in [-0.4, -0.2) is 67.3 Å². The van der Waals surface area contributed by atoms with Gasteiger partial charge in [0.05, 0.1) is 12.1 Å². The van der Waals surface area contributed by atoms with E-state index in [1.54, 1.807) is 11.3 Å². The third-order valence-corrected chi connectivity index (χ3v) is 5.29. The number of thiazole rings is 1. The highest BCUT2D eigenvalue weighted by molar-refractivity contribution is 7.13. The van der Waals surface area contributed by atoms with E-state index in [9.17, 15) is 4.79 Å².